The monoisotopic (exact) mass is 247 g/mol. The molecule has 0 aliphatic heterocycles. The maximum Gasteiger partial charge on any atom is 0.315 e. The number of carboxylic acids is 1. The predicted octanol–water partition coefficient (Wildman–Crippen LogP) is 2.99. The number of hydrogen-bond donors (Lipinski definition) is 2. The number of carbonyl (C=O) groups is 1. The van der Waals surface area contributed by atoms with Gasteiger partial charge in [0.25, 0.3) is 0 Å². The smallest absolute Gasteiger partial charge is 0.315 e. The molecule has 0 fully saturated rings. The molecule has 1 aromatic heterocycles. The summed E-state index contributed by atoms with van der Waals surface area (Å²) in [6.45, 7) is 1.74. The van der Waals surface area contributed by atoms with Gasteiger partial charge in [-0.2, -0.15) is 0 Å². The first kappa shape index (κ1) is 11.3. The first-order valence-electron chi connectivity index (χ1n) is 6.06. The summed E-state index contributed by atoms with van der Waals surface area (Å²) in [7, 11) is 0. The maximum atomic E-state index is 13.2. The van der Waals surface area contributed by atoms with Crippen LogP contribution in [0.25, 0.3) is 10.9 Å². The molecule has 4 heteroatoms. The van der Waals surface area contributed by atoms with Gasteiger partial charge in [-0.1, -0.05) is 0 Å². The van der Waals surface area contributed by atoms with Gasteiger partial charge in [0, 0.05) is 16.6 Å². The second-order valence-corrected chi connectivity index (χ2v) is 5.16. The minimum atomic E-state index is -0.886. The molecule has 1 unspecified atom stereocenters. The van der Waals surface area contributed by atoms with E-state index < -0.39 is 11.4 Å². The Morgan fingerprint density at radius 3 is 3.00 bits per heavy atom. The molecule has 2 N–H and O–H groups in total. The number of rotatable bonds is 1. The third-order valence-corrected chi connectivity index (χ3v) is 4.00. The van der Waals surface area contributed by atoms with Crippen molar-refractivity contribution in [1.29, 1.82) is 0 Å². The van der Waals surface area contributed by atoms with Crippen molar-refractivity contribution in [3.05, 3.63) is 35.3 Å². The van der Waals surface area contributed by atoms with Crippen molar-refractivity contribution in [2.45, 2.75) is 31.6 Å². The van der Waals surface area contributed by atoms with Crippen LogP contribution in [0.1, 0.15) is 31.0 Å². The van der Waals surface area contributed by atoms with Gasteiger partial charge >= 0.3 is 5.97 Å². The minimum absolute atomic E-state index is 0.307. The molecule has 1 aliphatic rings. The van der Waals surface area contributed by atoms with Crippen LogP contribution < -0.4 is 0 Å². The van der Waals surface area contributed by atoms with Gasteiger partial charge in [0.1, 0.15) is 11.2 Å². The molecule has 2 aromatic rings. The molecule has 3 rings (SSSR count). The standard InChI is InChI=1S/C14H14FNO2/c1-14(13(17)18)6-2-3-10-9-5-4-8(15)7-11(9)16-12(10)14/h4-5,7,16H,2-3,6H2,1H3,(H,17,18). The predicted molar refractivity (Wildman–Crippen MR) is 66.2 cm³/mol. The van der Waals surface area contributed by atoms with Crippen LogP contribution in [0.4, 0.5) is 4.39 Å². The first-order valence-corrected chi connectivity index (χ1v) is 6.06. The molecule has 0 saturated carbocycles. The molecule has 1 aromatic carbocycles. The fourth-order valence-corrected chi connectivity index (χ4v) is 2.92. The van der Waals surface area contributed by atoms with Gasteiger partial charge in [-0.25, -0.2) is 4.39 Å². The van der Waals surface area contributed by atoms with Crippen LogP contribution in [-0.2, 0) is 16.6 Å². The van der Waals surface area contributed by atoms with Crippen LogP contribution >= 0.6 is 0 Å². The maximum absolute atomic E-state index is 13.2. The molecule has 0 bridgehead atoms. The SMILES string of the molecule is CC1(C(=O)O)CCCc2c1[nH]c1cc(F)ccc21. The normalized spacial score (nSPS) is 23.0. The molecule has 0 amide bonds. The number of aromatic amines is 1. The van der Waals surface area contributed by atoms with Gasteiger partial charge < -0.3 is 10.1 Å². The van der Waals surface area contributed by atoms with E-state index in [1.54, 1.807) is 13.0 Å². The number of aryl methyl sites for hydroxylation is 1. The van der Waals surface area contributed by atoms with Crippen molar-refractivity contribution in [1.82, 2.24) is 4.98 Å². The first-order chi connectivity index (χ1) is 8.52. The molecule has 94 valence electrons. The fraction of sp³-hybridized carbons (Fsp3) is 0.357. The number of fused-ring (bicyclic) bond motifs is 3. The Morgan fingerprint density at radius 1 is 1.50 bits per heavy atom. The lowest BCUT2D eigenvalue weighted by Gasteiger charge is -2.29. The van der Waals surface area contributed by atoms with E-state index in [4.69, 9.17) is 0 Å². The molecule has 0 saturated heterocycles. The Balaban J connectivity index is 2.31. The molecule has 0 radical (unpaired) electrons. The van der Waals surface area contributed by atoms with Gasteiger partial charge in [-0.15, -0.1) is 0 Å². The van der Waals surface area contributed by atoms with Gasteiger partial charge in [-0.05, 0) is 49.9 Å². The van der Waals surface area contributed by atoms with Crippen LogP contribution in [0.5, 0.6) is 0 Å². The Hall–Kier alpha value is -1.84. The highest BCUT2D eigenvalue weighted by Crippen LogP contribution is 2.40. The van der Waals surface area contributed by atoms with Gasteiger partial charge in [0.15, 0.2) is 0 Å². The van der Waals surface area contributed by atoms with Crippen LogP contribution in [0.15, 0.2) is 18.2 Å². The zero-order valence-corrected chi connectivity index (χ0v) is 10.1. The summed E-state index contributed by atoms with van der Waals surface area (Å²) in [6.07, 6.45) is 2.31. The number of aromatic nitrogens is 1. The number of halogens is 1. The average molecular weight is 247 g/mol. The molecular formula is C14H14FNO2. The Kier molecular flexibility index (Phi) is 2.24. The summed E-state index contributed by atoms with van der Waals surface area (Å²) in [5.41, 5.74) is 1.57. The molecule has 1 aliphatic carbocycles. The van der Waals surface area contributed by atoms with Crippen molar-refractivity contribution < 1.29 is 14.3 Å². The summed E-state index contributed by atoms with van der Waals surface area (Å²) in [6, 6.07) is 4.58. The van der Waals surface area contributed by atoms with Crippen molar-refractivity contribution in [2.75, 3.05) is 0 Å². The molecule has 18 heavy (non-hydrogen) atoms. The molecule has 0 spiro atoms. The van der Waals surface area contributed by atoms with Crippen LogP contribution in [0.3, 0.4) is 0 Å². The lowest BCUT2D eigenvalue weighted by atomic mass is 9.75. The largest absolute Gasteiger partial charge is 0.481 e. The molecule has 3 nitrogen and oxygen atoms in total. The van der Waals surface area contributed by atoms with Crippen molar-refractivity contribution in [2.24, 2.45) is 0 Å². The third-order valence-electron chi connectivity index (χ3n) is 4.00. The van der Waals surface area contributed by atoms with Crippen LogP contribution in [0.2, 0.25) is 0 Å². The summed E-state index contributed by atoms with van der Waals surface area (Å²) >= 11 is 0. The second-order valence-electron chi connectivity index (χ2n) is 5.16. The number of hydrogen-bond acceptors (Lipinski definition) is 1. The highest BCUT2D eigenvalue weighted by Gasteiger charge is 2.41. The van der Waals surface area contributed by atoms with E-state index in [1.807, 2.05) is 0 Å². The van der Waals surface area contributed by atoms with Crippen molar-refractivity contribution in [3.63, 3.8) is 0 Å². The number of benzene rings is 1. The molecule has 1 heterocycles. The van der Waals surface area contributed by atoms with E-state index in [9.17, 15) is 14.3 Å². The second kappa shape index (κ2) is 3.57. The summed E-state index contributed by atoms with van der Waals surface area (Å²) in [5.74, 6) is -1.13. The van der Waals surface area contributed by atoms with E-state index in [0.29, 0.717) is 11.9 Å². The van der Waals surface area contributed by atoms with Gasteiger partial charge in [0.2, 0.25) is 0 Å². The highest BCUT2D eigenvalue weighted by molar-refractivity contribution is 5.90. The zero-order chi connectivity index (χ0) is 12.9. The van der Waals surface area contributed by atoms with Crippen molar-refractivity contribution >= 4 is 16.9 Å². The fourth-order valence-electron chi connectivity index (χ4n) is 2.92. The summed E-state index contributed by atoms with van der Waals surface area (Å²) in [5, 5.41) is 10.4. The number of aliphatic carboxylic acids is 1. The summed E-state index contributed by atoms with van der Waals surface area (Å²) < 4.78 is 13.2. The Bertz CT molecular complexity index is 647. The lowest BCUT2D eigenvalue weighted by Crippen LogP contribution is -2.36. The van der Waals surface area contributed by atoms with Crippen LogP contribution in [-0.4, -0.2) is 16.1 Å². The Labute approximate surface area is 104 Å². The quantitative estimate of drug-likeness (QED) is 0.814. The minimum Gasteiger partial charge on any atom is -0.481 e. The number of carboxylic acid groups (broad SMARTS) is 1. The number of nitrogens with one attached hydrogen (secondary N) is 1. The zero-order valence-electron chi connectivity index (χ0n) is 10.1. The van der Waals surface area contributed by atoms with E-state index in [2.05, 4.69) is 4.98 Å². The van der Waals surface area contributed by atoms with E-state index in [-0.39, 0.29) is 5.82 Å². The third kappa shape index (κ3) is 1.38. The molecular weight excluding hydrogens is 233 g/mol. The van der Waals surface area contributed by atoms with Gasteiger partial charge in [0.05, 0.1) is 0 Å². The van der Waals surface area contributed by atoms with E-state index in [1.165, 1.54) is 12.1 Å². The summed E-state index contributed by atoms with van der Waals surface area (Å²) in [4.78, 5) is 14.6. The van der Waals surface area contributed by atoms with Gasteiger partial charge in [-0.3, -0.25) is 4.79 Å². The lowest BCUT2D eigenvalue weighted by molar-refractivity contribution is -0.143. The number of H-pyrrole nitrogens is 1. The highest BCUT2D eigenvalue weighted by atomic mass is 19.1. The topological polar surface area (TPSA) is 53.1 Å². The van der Waals surface area contributed by atoms with E-state index >= 15 is 0 Å². The average Bonchev–Trinajstić information content (AvgIpc) is 2.68. The van der Waals surface area contributed by atoms with E-state index in [0.717, 1.165) is 29.5 Å². The van der Waals surface area contributed by atoms with Crippen molar-refractivity contribution in [3.8, 4) is 0 Å². The van der Waals surface area contributed by atoms with Crippen LogP contribution in [0, 0.1) is 5.82 Å². The molecule has 1 atom stereocenters. The Morgan fingerprint density at radius 2 is 2.28 bits per heavy atom.